The van der Waals surface area contributed by atoms with Gasteiger partial charge in [-0.25, -0.2) is 4.98 Å². The van der Waals surface area contributed by atoms with Gasteiger partial charge in [0, 0.05) is 23.6 Å². The number of nitrogens with one attached hydrogen (secondary N) is 2. The summed E-state index contributed by atoms with van der Waals surface area (Å²) in [7, 11) is 0. The number of aromatic nitrogens is 3. The molecule has 0 bridgehead atoms. The predicted molar refractivity (Wildman–Crippen MR) is 169 cm³/mol. The maximum atomic E-state index is 6.04. The molecule has 1 atom stereocenters. The minimum atomic E-state index is 0.0891. The van der Waals surface area contributed by atoms with E-state index in [2.05, 4.69) is 114 Å². The van der Waals surface area contributed by atoms with Crippen LogP contribution in [0.2, 0.25) is 0 Å². The summed E-state index contributed by atoms with van der Waals surface area (Å²) in [5, 5.41) is 3.52. The number of nitrogens with two attached hydrogens (primary N) is 2. The van der Waals surface area contributed by atoms with Crippen LogP contribution < -0.4 is 16.8 Å². The molecule has 2 aromatic heterocycles. The first-order chi connectivity index (χ1) is 19.8. The smallest absolute Gasteiger partial charge is 0.123 e. The number of hydrogen-bond acceptors (Lipinski definition) is 4. The summed E-state index contributed by atoms with van der Waals surface area (Å²) in [6.45, 7) is 7.79. The number of aromatic amines is 1. The van der Waals surface area contributed by atoms with Crippen LogP contribution in [0, 0.1) is 0 Å². The molecule has 1 saturated heterocycles. The number of rotatable bonds is 6. The SMILES string of the molecule is CC(C)(C)c1ccc(-c2c(-c3ccc(/C(N)=C/N)cc3)ccn2-c2ccc(-c3cnc(C4CCCN4)[nH]3)cc2)cc1. The highest BCUT2D eigenvalue weighted by atomic mass is 15.0. The second kappa shape index (κ2) is 10.8. The largest absolute Gasteiger partial charge is 0.403 e. The second-order valence-electron chi connectivity index (χ2n) is 11.9. The van der Waals surface area contributed by atoms with Gasteiger partial charge in [0.25, 0.3) is 0 Å². The molecule has 1 aliphatic heterocycles. The Kier molecular flexibility index (Phi) is 7.01. The maximum absolute atomic E-state index is 6.04. The monoisotopic (exact) mass is 542 g/mol. The van der Waals surface area contributed by atoms with Gasteiger partial charge in [0.05, 0.1) is 29.3 Å². The van der Waals surface area contributed by atoms with Crippen LogP contribution in [0.3, 0.4) is 0 Å². The van der Waals surface area contributed by atoms with Crippen LogP contribution in [0.25, 0.3) is 45.0 Å². The summed E-state index contributed by atoms with van der Waals surface area (Å²) in [5.41, 5.74) is 22.4. The molecule has 1 aliphatic rings. The lowest BCUT2D eigenvalue weighted by atomic mass is 9.86. The molecule has 208 valence electrons. The highest BCUT2D eigenvalue weighted by Gasteiger charge is 2.20. The fraction of sp³-hybridized carbons (Fsp3) is 0.229. The fourth-order valence-corrected chi connectivity index (χ4v) is 5.62. The van der Waals surface area contributed by atoms with E-state index < -0.39 is 0 Å². The number of benzene rings is 3. The van der Waals surface area contributed by atoms with E-state index in [0.717, 1.165) is 63.7 Å². The van der Waals surface area contributed by atoms with Crippen molar-refractivity contribution in [2.45, 2.75) is 45.1 Å². The van der Waals surface area contributed by atoms with Crippen LogP contribution >= 0.6 is 0 Å². The predicted octanol–water partition coefficient (Wildman–Crippen LogP) is 7.14. The third kappa shape index (κ3) is 5.31. The first-order valence-corrected chi connectivity index (χ1v) is 14.3. The average molecular weight is 543 g/mol. The number of H-pyrrole nitrogens is 1. The van der Waals surface area contributed by atoms with Gasteiger partial charge in [-0.2, -0.15) is 0 Å². The summed E-state index contributed by atoms with van der Waals surface area (Å²) in [4.78, 5) is 8.18. The Hall–Kier alpha value is -4.55. The third-order valence-corrected chi connectivity index (χ3v) is 8.06. The van der Waals surface area contributed by atoms with E-state index in [1.165, 1.54) is 18.2 Å². The van der Waals surface area contributed by atoms with E-state index in [1.54, 1.807) is 0 Å². The topological polar surface area (TPSA) is 97.7 Å². The van der Waals surface area contributed by atoms with Crippen molar-refractivity contribution in [1.29, 1.82) is 0 Å². The second-order valence-corrected chi connectivity index (χ2v) is 11.9. The highest BCUT2D eigenvalue weighted by molar-refractivity contribution is 5.84. The Labute approximate surface area is 242 Å². The Morgan fingerprint density at radius 2 is 1.59 bits per heavy atom. The van der Waals surface area contributed by atoms with Crippen LogP contribution in [-0.4, -0.2) is 21.1 Å². The van der Waals surface area contributed by atoms with Gasteiger partial charge >= 0.3 is 0 Å². The van der Waals surface area contributed by atoms with Crippen LogP contribution in [0.4, 0.5) is 0 Å². The molecule has 0 amide bonds. The molecule has 41 heavy (non-hydrogen) atoms. The zero-order valence-electron chi connectivity index (χ0n) is 24.0. The summed E-state index contributed by atoms with van der Waals surface area (Å²) in [5.74, 6) is 1.02. The van der Waals surface area contributed by atoms with Crippen molar-refractivity contribution in [3.05, 3.63) is 114 Å². The molecule has 0 aliphatic carbocycles. The van der Waals surface area contributed by atoms with E-state index in [9.17, 15) is 0 Å². The Morgan fingerprint density at radius 1 is 0.902 bits per heavy atom. The van der Waals surface area contributed by atoms with Gasteiger partial charge in [-0.1, -0.05) is 81.4 Å². The third-order valence-electron chi connectivity index (χ3n) is 8.06. The molecule has 6 heteroatoms. The van der Waals surface area contributed by atoms with Gasteiger partial charge in [-0.05, 0) is 70.8 Å². The fourth-order valence-electron chi connectivity index (χ4n) is 5.62. The van der Waals surface area contributed by atoms with Gasteiger partial charge < -0.3 is 26.3 Å². The van der Waals surface area contributed by atoms with E-state index in [4.69, 9.17) is 11.5 Å². The standard InChI is InChI=1S/C35H38N6/c1-35(2,3)27-14-10-26(11-15-27)33-29(23-6-8-24(9-7-23)30(37)21-36)18-20-41(33)28-16-12-25(13-17-28)32-22-39-34(40-32)31-5-4-19-38-31/h6-18,20-22,31,38H,4-5,19,36-37H2,1-3H3,(H,39,40)/b30-21-. The van der Waals surface area contributed by atoms with Crippen LogP contribution in [0.5, 0.6) is 0 Å². The lowest BCUT2D eigenvalue weighted by molar-refractivity contribution is 0.590. The van der Waals surface area contributed by atoms with Gasteiger partial charge in [-0.3, -0.25) is 0 Å². The van der Waals surface area contributed by atoms with Gasteiger partial charge in [-0.15, -0.1) is 0 Å². The van der Waals surface area contributed by atoms with Crippen molar-refractivity contribution in [3.63, 3.8) is 0 Å². The van der Waals surface area contributed by atoms with E-state index in [-0.39, 0.29) is 5.41 Å². The Bertz CT molecular complexity index is 1660. The van der Waals surface area contributed by atoms with E-state index in [0.29, 0.717) is 11.7 Å². The maximum Gasteiger partial charge on any atom is 0.123 e. The molecule has 6 rings (SSSR count). The van der Waals surface area contributed by atoms with Crippen molar-refractivity contribution < 1.29 is 0 Å². The zero-order chi connectivity index (χ0) is 28.6. The number of imidazole rings is 1. The van der Waals surface area contributed by atoms with Crippen molar-refractivity contribution in [2.24, 2.45) is 11.5 Å². The van der Waals surface area contributed by atoms with Crippen molar-refractivity contribution >= 4 is 5.70 Å². The van der Waals surface area contributed by atoms with Gasteiger partial charge in [0.15, 0.2) is 0 Å². The van der Waals surface area contributed by atoms with Crippen molar-refractivity contribution in [3.8, 4) is 39.3 Å². The molecule has 1 unspecified atom stereocenters. The van der Waals surface area contributed by atoms with Crippen LogP contribution in [0.15, 0.2) is 97.5 Å². The minimum absolute atomic E-state index is 0.0891. The number of hydrogen-bond donors (Lipinski definition) is 4. The normalized spacial score (nSPS) is 15.9. The zero-order valence-corrected chi connectivity index (χ0v) is 24.0. The van der Waals surface area contributed by atoms with Crippen LogP contribution in [0.1, 0.15) is 56.6 Å². The molecule has 5 aromatic rings. The Balaban J connectivity index is 1.38. The molecule has 1 fully saturated rings. The molecule has 3 heterocycles. The molecular weight excluding hydrogens is 504 g/mol. The molecule has 0 spiro atoms. The molecule has 6 nitrogen and oxygen atoms in total. The molecule has 3 aromatic carbocycles. The van der Waals surface area contributed by atoms with E-state index in [1.807, 2.05) is 18.3 Å². The molecule has 6 N–H and O–H groups in total. The molecular formula is C35H38N6. The van der Waals surface area contributed by atoms with Gasteiger partial charge in [0.1, 0.15) is 5.82 Å². The number of nitrogens with zero attached hydrogens (tertiary/aromatic N) is 2. The first kappa shape index (κ1) is 26.7. The summed E-state index contributed by atoms with van der Waals surface area (Å²) in [6, 6.07) is 28.4. The average Bonchev–Trinajstić information content (AvgIpc) is 3.77. The van der Waals surface area contributed by atoms with Crippen molar-refractivity contribution in [2.75, 3.05) is 6.54 Å². The summed E-state index contributed by atoms with van der Waals surface area (Å²) in [6.07, 6.45) is 7.85. The lowest BCUT2D eigenvalue weighted by Crippen LogP contribution is -2.14. The molecule has 0 saturated carbocycles. The molecule has 0 radical (unpaired) electrons. The lowest BCUT2D eigenvalue weighted by Gasteiger charge is -2.20. The minimum Gasteiger partial charge on any atom is -0.403 e. The first-order valence-electron chi connectivity index (χ1n) is 14.3. The van der Waals surface area contributed by atoms with Gasteiger partial charge in [0.2, 0.25) is 0 Å². The Morgan fingerprint density at radius 3 is 2.22 bits per heavy atom. The summed E-state index contributed by atoms with van der Waals surface area (Å²) < 4.78 is 2.27. The highest BCUT2D eigenvalue weighted by Crippen LogP contribution is 2.37. The van der Waals surface area contributed by atoms with Crippen molar-refractivity contribution in [1.82, 2.24) is 19.9 Å². The van der Waals surface area contributed by atoms with Crippen LogP contribution in [-0.2, 0) is 5.41 Å². The summed E-state index contributed by atoms with van der Waals surface area (Å²) >= 11 is 0. The van der Waals surface area contributed by atoms with E-state index >= 15 is 0 Å². The quantitative estimate of drug-likeness (QED) is 0.183.